The van der Waals surface area contributed by atoms with Crippen molar-refractivity contribution in [3.63, 3.8) is 0 Å². The van der Waals surface area contributed by atoms with E-state index in [9.17, 15) is 37.9 Å². The maximum absolute atomic E-state index is 12.8. The van der Waals surface area contributed by atoms with E-state index >= 15 is 0 Å². The molecule has 1 heterocycles. The molecular formula is C42H80O12S. The Morgan fingerprint density at radius 1 is 0.545 bits per heavy atom. The molecule has 6 atom stereocenters. The van der Waals surface area contributed by atoms with E-state index in [2.05, 4.69) is 13.8 Å². The molecule has 0 spiro atoms. The highest BCUT2D eigenvalue weighted by atomic mass is 32.2. The molecule has 0 amide bonds. The molecule has 0 radical (unpaired) electrons. The Kier molecular flexibility index (Phi) is 31.6. The highest BCUT2D eigenvalue weighted by Crippen LogP contribution is 2.24. The maximum Gasteiger partial charge on any atom is 0.306 e. The van der Waals surface area contributed by atoms with E-state index in [4.69, 9.17) is 18.9 Å². The molecule has 1 fully saturated rings. The van der Waals surface area contributed by atoms with Crippen molar-refractivity contribution < 1.29 is 56.8 Å². The van der Waals surface area contributed by atoms with Crippen LogP contribution in [0.2, 0.25) is 0 Å². The number of rotatable bonds is 37. The molecule has 0 aromatic rings. The summed E-state index contributed by atoms with van der Waals surface area (Å²) in [7, 11) is -4.59. The monoisotopic (exact) mass is 809 g/mol. The lowest BCUT2D eigenvalue weighted by Crippen LogP contribution is -2.60. The number of carbonyl (C=O) groups is 2. The van der Waals surface area contributed by atoms with Gasteiger partial charge in [0.05, 0.1) is 6.61 Å². The average molecular weight is 809 g/mol. The molecule has 0 aromatic heterocycles. The summed E-state index contributed by atoms with van der Waals surface area (Å²) >= 11 is 0. The van der Waals surface area contributed by atoms with Gasteiger partial charge in [0.2, 0.25) is 0 Å². The Morgan fingerprint density at radius 3 is 1.33 bits per heavy atom. The normalized spacial score (nSPS) is 20.7. The number of ether oxygens (including phenoxy) is 4. The predicted molar refractivity (Wildman–Crippen MR) is 215 cm³/mol. The SMILES string of the molecule is CCCCCCCCCCCCCCCCCC(=O)OC(COC(=O)CCCCCCCCCCCCCC)COC1OC(CS(=O)(=O)O)C(O)C(O)C1O. The summed E-state index contributed by atoms with van der Waals surface area (Å²) in [6.45, 7) is 3.77. The number of hydrogen-bond acceptors (Lipinski definition) is 11. The highest BCUT2D eigenvalue weighted by Gasteiger charge is 2.46. The van der Waals surface area contributed by atoms with Crippen LogP contribution >= 0.6 is 0 Å². The van der Waals surface area contributed by atoms with Crippen LogP contribution < -0.4 is 0 Å². The molecule has 0 saturated carbocycles. The maximum atomic E-state index is 12.8. The zero-order valence-corrected chi connectivity index (χ0v) is 35.4. The minimum Gasteiger partial charge on any atom is -0.462 e. The lowest BCUT2D eigenvalue weighted by Gasteiger charge is -2.40. The van der Waals surface area contributed by atoms with Crippen molar-refractivity contribution in [2.45, 2.75) is 237 Å². The van der Waals surface area contributed by atoms with Crippen molar-refractivity contribution in [1.82, 2.24) is 0 Å². The van der Waals surface area contributed by atoms with E-state index in [1.54, 1.807) is 0 Å². The molecule has 13 heteroatoms. The first-order valence-electron chi connectivity index (χ1n) is 22.1. The van der Waals surface area contributed by atoms with E-state index in [0.717, 1.165) is 38.5 Å². The summed E-state index contributed by atoms with van der Waals surface area (Å²) in [6, 6.07) is 0. The van der Waals surface area contributed by atoms with Gasteiger partial charge in [-0.3, -0.25) is 14.1 Å². The van der Waals surface area contributed by atoms with Gasteiger partial charge < -0.3 is 34.3 Å². The van der Waals surface area contributed by atoms with Crippen LogP contribution in [0.25, 0.3) is 0 Å². The zero-order chi connectivity index (χ0) is 40.6. The van der Waals surface area contributed by atoms with Crippen LogP contribution in [0.5, 0.6) is 0 Å². The van der Waals surface area contributed by atoms with E-state index in [1.165, 1.54) is 122 Å². The van der Waals surface area contributed by atoms with Crippen molar-refractivity contribution in [2.75, 3.05) is 19.0 Å². The Bertz CT molecular complexity index is 1040. The second kappa shape index (κ2) is 33.6. The van der Waals surface area contributed by atoms with Crippen molar-refractivity contribution in [3.8, 4) is 0 Å². The molecule has 55 heavy (non-hydrogen) atoms. The van der Waals surface area contributed by atoms with Crippen LogP contribution in [-0.4, -0.2) is 96.0 Å². The molecule has 0 aromatic carbocycles. The average Bonchev–Trinajstić information content (AvgIpc) is 3.14. The van der Waals surface area contributed by atoms with Crippen LogP contribution in [0.1, 0.15) is 200 Å². The Hall–Kier alpha value is -1.35. The molecule has 12 nitrogen and oxygen atoms in total. The van der Waals surface area contributed by atoms with Gasteiger partial charge in [0.1, 0.15) is 36.8 Å². The first-order chi connectivity index (χ1) is 26.5. The van der Waals surface area contributed by atoms with Crippen LogP contribution in [0.15, 0.2) is 0 Å². The van der Waals surface area contributed by atoms with Crippen molar-refractivity contribution in [1.29, 1.82) is 0 Å². The fourth-order valence-corrected chi connectivity index (χ4v) is 7.66. The Balaban J connectivity index is 2.45. The Morgan fingerprint density at radius 2 is 0.927 bits per heavy atom. The largest absolute Gasteiger partial charge is 0.462 e. The van der Waals surface area contributed by atoms with E-state index in [0.29, 0.717) is 12.8 Å². The number of hydrogen-bond donors (Lipinski definition) is 4. The summed E-state index contributed by atoms with van der Waals surface area (Å²) in [5.41, 5.74) is 0. The summed E-state index contributed by atoms with van der Waals surface area (Å²) < 4.78 is 54.0. The molecule has 1 aliphatic heterocycles. The van der Waals surface area contributed by atoms with Gasteiger partial charge in [-0.25, -0.2) is 0 Å². The number of aliphatic hydroxyl groups excluding tert-OH is 3. The summed E-state index contributed by atoms with van der Waals surface area (Å²) in [4.78, 5) is 25.3. The quantitative estimate of drug-likeness (QED) is 0.0267. The van der Waals surface area contributed by atoms with Gasteiger partial charge >= 0.3 is 11.9 Å². The van der Waals surface area contributed by atoms with E-state index in [1.807, 2.05) is 0 Å². The topological polar surface area (TPSA) is 186 Å². The van der Waals surface area contributed by atoms with Gasteiger partial charge in [-0.15, -0.1) is 0 Å². The smallest absolute Gasteiger partial charge is 0.306 e. The van der Waals surface area contributed by atoms with E-state index in [-0.39, 0.29) is 19.4 Å². The minimum absolute atomic E-state index is 0.172. The minimum atomic E-state index is -4.59. The first kappa shape index (κ1) is 51.7. The van der Waals surface area contributed by atoms with Crippen molar-refractivity contribution in [2.24, 2.45) is 0 Å². The second-order valence-electron chi connectivity index (χ2n) is 15.7. The lowest BCUT2D eigenvalue weighted by molar-refractivity contribution is -0.297. The van der Waals surface area contributed by atoms with Crippen molar-refractivity contribution in [3.05, 3.63) is 0 Å². The van der Waals surface area contributed by atoms with Gasteiger partial charge in [0.15, 0.2) is 12.4 Å². The number of esters is 2. The Labute approximate surface area is 333 Å². The molecule has 4 N–H and O–H groups in total. The van der Waals surface area contributed by atoms with Crippen LogP contribution in [0, 0.1) is 0 Å². The van der Waals surface area contributed by atoms with Gasteiger partial charge in [-0.2, -0.15) is 8.42 Å². The molecule has 1 aliphatic rings. The second-order valence-corrected chi connectivity index (χ2v) is 17.2. The standard InChI is InChI=1S/C42H80O12S/c1-3-5-7-9-11-13-15-17-18-19-21-23-25-27-29-31-38(44)53-35(33-52-42-41(47)40(46)39(45)36(54-42)34-55(48,49)50)32-51-37(43)30-28-26-24-22-20-16-14-12-10-8-6-4-2/h35-36,39-42,45-47H,3-34H2,1-2H3,(H,48,49,50). The third kappa shape index (κ3) is 28.7. The summed E-state index contributed by atoms with van der Waals surface area (Å²) in [6.07, 6.45) is 22.9. The van der Waals surface area contributed by atoms with Gasteiger partial charge in [-0.1, -0.05) is 174 Å². The molecule has 0 bridgehead atoms. The first-order valence-corrected chi connectivity index (χ1v) is 23.7. The third-order valence-corrected chi connectivity index (χ3v) is 11.2. The van der Waals surface area contributed by atoms with Gasteiger partial charge in [0.25, 0.3) is 10.1 Å². The third-order valence-electron chi connectivity index (χ3n) is 10.4. The number of unbranched alkanes of at least 4 members (excludes halogenated alkanes) is 25. The van der Waals surface area contributed by atoms with Crippen LogP contribution in [0.4, 0.5) is 0 Å². The van der Waals surface area contributed by atoms with Gasteiger partial charge in [-0.05, 0) is 12.8 Å². The zero-order valence-electron chi connectivity index (χ0n) is 34.6. The van der Waals surface area contributed by atoms with Crippen LogP contribution in [-0.2, 0) is 38.7 Å². The van der Waals surface area contributed by atoms with Crippen molar-refractivity contribution >= 4 is 22.1 Å². The number of aliphatic hydroxyl groups is 3. The molecule has 0 aliphatic carbocycles. The molecule has 1 rings (SSSR count). The van der Waals surface area contributed by atoms with E-state index < -0.39 is 71.2 Å². The highest BCUT2D eigenvalue weighted by molar-refractivity contribution is 7.85. The fraction of sp³-hybridized carbons (Fsp3) is 0.952. The summed E-state index contributed by atoms with van der Waals surface area (Å²) in [5.74, 6) is -1.96. The van der Waals surface area contributed by atoms with Gasteiger partial charge in [0, 0.05) is 12.8 Å². The summed E-state index contributed by atoms with van der Waals surface area (Å²) in [5, 5.41) is 30.8. The molecule has 6 unspecified atom stereocenters. The fourth-order valence-electron chi connectivity index (χ4n) is 6.97. The number of carbonyl (C=O) groups excluding carboxylic acids is 2. The predicted octanol–water partition coefficient (Wildman–Crippen LogP) is 8.51. The lowest BCUT2D eigenvalue weighted by atomic mass is 10.00. The molecule has 1 saturated heterocycles. The van der Waals surface area contributed by atoms with Crippen LogP contribution in [0.3, 0.4) is 0 Å². The molecule has 326 valence electrons. The molecular weight excluding hydrogens is 729 g/mol.